The molecule has 1 N–H and O–H groups in total. The van der Waals surface area contributed by atoms with Crippen molar-refractivity contribution in [2.45, 2.75) is 44.1 Å². The molecule has 0 amide bonds. The van der Waals surface area contributed by atoms with E-state index in [2.05, 4.69) is 5.43 Å². The Bertz CT molecular complexity index is 181. The third-order valence-electron chi connectivity index (χ3n) is 3.06. The van der Waals surface area contributed by atoms with E-state index < -0.39 is 0 Å². The lowest BCUT2D eigenvalue weighted by Gasteiger charge is -2.22. The molecule has 2 fully saturated rings. The van der Waals surface area contributed by atoms with E-state index in [0.717, 1.165) is 30.7 Å². The molecule has 3 nitrogen and oxygen atoms in total. The van der Waals surface area contributed by atoms with Gasteiger partial charge in [-0.2, -0.15) is 5.43 Å². The second-order valence-corrected chi connectivity index (χ2v) is 3.74. The van der Waals surface area contributed by atoms with Crippen LogP contribution in [0.3, 0.4) is 0 Å². The number of halogens is 2. The Morgan fingerprint density at radius 1 is 1.00 bits per heavy atom. The van der Waals surface area contributed by atoms with E-state index in [0.29, 0.717) is 0 Å². The molecular weight excluding hydrogens is 211 g/mol. The van der Waals surface area contributed by atoms with Crippen molar-refractivity contribution >= 4 is 24.8 Å². The molecule has 0 aromatic rings. The quantitative estimate of drug-likeness (QED) is 0.644. The van der Waals surface area contributed by atoms with Crippen molar-refractivity contribution in [2.24, 2.45) is 0 Å². The van der Waals surface area contributed by atoms with Crippen LogP contribution < -0.4 is 5.43 Å². The molecule has 1 saturated heterocycles. The highest BCUT2D eigenvalue weighted by Gasteiger charge is 2.50. The minimum Gasteiger partial charge on any atom is -0.152 e. The van der Waals surface area contributed by atoms with Gasteiger partial charge in [0.15, 0.2) is 0 Å². The molecule has 5 heteroatoms. The van der Waals surface area contributed by atoms with Crippen LogP contribution in [0.4, 0.5) is 0 Å². The van der Waals surface area contributed by atoms with Gasteiger partial charge in [-0.3, -0.25) is 0 Å². The molecule has 2 rings (SSSR count). The zero-order valence-electron chi connectivity index (χ0n) is 7.62. The van der Waals surface area contributed by atoms with Gasteiger partial charge >= 0.3 is 0 Å². The van der Waals surface area contributed by atoms with Crippen LogP contribution in [-0.2, 0) is 0 Å². The van der Waals surface area contributed by atoms with Crippen molar-refractivity contribution < 1.29 is 4.87 Å². The fourth-order valence-electron chi connectivity index (χ4n) is 2.32. The fourth-order valence-corrected chi connectivity index (χ4v) is 2.32. The van der Waals surface area contributed by atoms with Crippen LogP contribution >= 0.6 is 24.8 Å². The van der Waals surface area contributed by atoms with Crippen LogP contribution in [0.25, 0.3) is 0 Å². The Morgan fingerprint density at radius 2 is 1.62 bits per heavy atom. The van der Waals surface area contributed by atoms with Gasteiger partial charge in [0.2, 0.25) is 5.54 Å². The predicted molar refractivity (Wildman–Crippen MR) is 56.6 cm³/mol. The summed E-state index contributed by atoms with van der Waals surface area (Å²) in [6, 6.07) is 0. The maximum absolute atomic E-state index is 11.4. The summed E-state index contributed by atoms with van der Waals surface area (Å²) in [7, 11) is 0. The maximum Gasteiger partial charge on any atom is 0.245 e. The first-order chi connectivity index (χ1) is 5.33. The van der Waals surface area contributed by atoms with Crippen molar-refractivity contribution in [3.05, 3.63) is 4.91 Å². The second kappa shape index (κ2) is 5.01. The molecule has 0 unspecified atom stereocenters. The first kappa shape index (κ1) is 13.0. The summed E-state index contributed by atoms with van der Waals surface area (Å²) >= 11 is 0. The van der Waals surface area contributed by atoms with Gasteiger partial charge in [0.25, 0.3) is 0 Å². The van der Waals surface area contributed by atoms with Gasteiger partial charge in [-0.15, -0.1) is 24.8 Å². The molecule has 0 atom stereocenters. The monoisotopic (exact) mass is 227 g/mol. The SMILES string of the molecule is Cl.Cl.O=[N+]1NCCC12CCCCC2. The van der Waals surface area contributed by atoms with Crippen molar-refractivity contribution in [2.75, 3.05) is 6.54 Å². The first-order valence-electron chi connectivity index (χ1n) is 4.54. The zero-order valence-corrected chi connectivity index (χ0v) is 9.25. The summed E-state index contributed by atoms with van der Waals surface area (Å²) in [6.45, 7) is 0.878. The van der Waals surface area contributed by atoms with E-state index in [9.17, 15) is 4.91 Å². The molecule has 1 aliphatic heterocycles. The molecule has 0 bridgehead atoms. The lowest BCUT2D eigenvalue weighted by atomic mass is 9.81. The van der Waals surface area contributed by atoms with Gasteiger partial charge in [0, 0.05) is 19.3 Å². The Kier molecular flexibility index (Phi) is 5.00. The molecule has 78 valence electrons. The summed E-state index contributed by atoms with van der Waals surface area (Å²) in [6.07, 6.45) is 7.04. The number of hydrogen-bond donors (Lipinski definition) is 1. The van der Waals surface area contributed by atoms with E-state index in [-0.39, 0.29) is 30.4 Å². The Hall–Kier alpha value is -0.0200. The molecule has 0 aromatic heterocycles. The number of nitrogens with zero attached hydrogens (tertiary/aromatic N) is 1. The van der Waals surface area contributed by atoms with Gasteiger partial charge in [0.05, 0.1) is 11.5 Å². The Balaban J connectivity index is 0.000000720. The van der Waals surface area contributed by atoms with Gasteiger partial charge < -0.3 is 0 Å². The minimum absolute atomic E-state index is 0. The average molecular weight is 228 g/mol. The average Bonchev–Trinajstić information content (AvgIpc) is 2.36. The smallest absolute Gasteiger partial charge is 0.152 e. The number of nitroso groups, excluding NO2 is 1. The van der Waals surface area contributed by atoms with Crippen LogP contribution in [0.1, 0.15) is 38.5 Å². The van der Waals surface area contributed by atoms with Crippen molar-refractivity contribution in [3.8, 4) is 0 Å². The van der Waals surface area contributed by atoms with E-state index in [1.54, 1.807) is 0 Å². The van der Waals surface area contributed by atoms with Crippen molar-refractivity contribution in [1.29, 1.82) is 0 Å². The fraction of sp³-hybridized carbons (Fsp3) is 1.00. The molecule has 2 aliphatic rings. The molecule has 0 radical (unpaired) electrons. The maximum atomic E-state index is 11.4. The highest BCUT2D eigenvalue weighted by atomic mass is 35.5. The zero-order chi connectivity index (χ0) is 7.73. The summed E-state index contributed by atoms with van der Waals surface area (Å²) in [5, 5.41) is 0. The number of rotatable bonds is 0. The molecule has 1 saturated carbocycles. The molecule has 1 spiro atoms. The lowest BCUT2D eigenvalue weighted by molar-refractivity contribution is -0.659. The molecule has 13 heavy (non-hydrogen) atoms. The van der Waals surface area contributed by atoms with E-state index in [1.807, 2.05) is 0 Å². The van der Waals surface area contributed by atoms with Gasteiger partial charge in [0.1, 0.15) is 4.87 Å². The lowest BCUT2D eigenvalue weighted by Crippen LogP contribution is -2.40. The third kappa shape index (κ3) is 2.26. The first-order valence-corrected chi connectivity index (χ1v) is 4.54. The van der Waals surface area contributed by atoms with E-state index >= 15 is 0 Å². The number of hydrazine groups is 1. The molecule has 1 heterocycles. The van der Waals surface area contributed by atoms with Crippen LogP contribution in [-0.4, -0.2) is 17.0 Å². The number of hydrogen-bond acceptors (Lipinski definition) is 1. The number of nitrogens with one attached hydrogen (secondary N) is 1. The van der Waals surface area contributed by atoms with Gasteiger partial charge in [-0.05, 0) is 12.8 Å². The largest absolute Gasteiger partial charge is 0.245 e. The van der Waals surface area contributed by atoms with Gasteiger partial charge in [-0.25, -0.2) is 0 Å². The normalized spacial score (nSPS) is 24.5. The molecular formula is C8H17Cl2N2O+. The Labute approximate surface area is 91.0 Å². The van der Waals surface area contributed by atoms with Crippen LogP contribution in [0.15, 0.2) is 0 Å². The van der Waals surface area contributed by atoms with Crippen LogP contribution in [0, 0.1) is 4.91 Å². The summed E-state index contributed by atoms with van der Waals surface area (Å²) in [5.74, 6) is 0. The Morgan fingerprint density at radius 3 is 2.08 bits per heavy atom. The highest BCUT2D eigenvalue weighted by molar-refractivity contribution is 5.85. The summed E-state index contributed by atoms with van der Waals surface area (Å²) < 4.78 is 0. The molecule has 0 aromatic carbocycles. The second-order valence-electron chi connectivity index (χ2n) is 3.74. The van der Waals surface area contributed by atoms with Gasteiger partial charge in [-0.1, -0.05) is 6.42 Å². The van der Waals surface area contributed by atoms with Crippen LogP contribution in [0.2, 0.25) is 0 Å². The van der Waals surface area contributed by atoms with Crippen molar-refractivity contribution in [3.63, 3.8) is 0 Å². The summed E-state index contributed by atoms with van der Waals surface area (Å²) in [4.78, 5) is 12.5. The predicted octanol–water partition coefficient (Wildman–Crippen LogP) is 2.22. The van der Waals surface area contributed by atoms with Crippen molar-refractivity contribution in [1.82, 2.24) is 5.43 Å². The third-order valence-corrected chi connectivity index (χ3v) is 3.06. The van der Waals surface area contributed by atoms with Crippen LogP contribution in [0.5, 0.6) is 0 Å². The molecule has 1 aliphatic carbocycles. The van der Waals surface area contributed by atoms with E-state index in [4.69, 9.17) is 0 Å². The topological polar surface area (TPSA) is 32.1 Å². The highest BCUT2D eigenvalue weighted by Crippen LogP contribution is 2.35. The standard InChI is InChI=1S/C8H15N2O.2ClH/c11-10-8(6-7-9-10)4-2-1-3-5-8;;/h1-7H2,(H,9,11);2*1H/q+1;;. The van der Waals surface area contributed by atoms with E-state index in [1.165, 1.54) is 19.3 Å². The minimum atomic E-state index is -0.00174. The summed E-state index contributed by atoms with van der Waals surface area (Å²) in [5.41, 5.74) is 2.86.